The van der Waals surface area contributed by atoms with Gasteiger partial charge in [0.2, 0.25) is 11.8 Å². The van der Waals surface area contributed by atoms with Crippen molar-refractivity contribution < 1.29 is 33.1 Å². The second-order valence-corrected chi connectivity index (χ2v) is 17.3. The van der Waals surface area contributed by atoms with Crippen LogP contribution in [0.5, 0.6) is 5.75 Å². The van der Waals surface area contributed by atoms with Gasteiger partial charge in [-0.1, -0.05) is 11.6 Å². The summed E-state index contributed by atoms with van der Waals surface area (Å²) < 4.78 is 21.6. The second kappa shape index (κ2) is 14.6. The number of amides is 5. The summed E-state index contributed by atoms with van der Waals surface area (Å²) in [6.45, 7) is 4.05. The Kier molecular flexibility index (Phi) is 9.28. The van der Waals surface area contributed by atoms with Crippen LogP contribution in [0, 0.1) is 34.9 Å². The third-order valence-corrected chi connectivity index (χ3v) is 13.9. The number of rotatable bonds is 9. The number of carbonyl (C=O) groups excluding carboxylic acids is 5. The molecule has 1 aromatic heterocycles. The molecular formula is C42H41ClFN9O6. The maximum absolute atomic E-state index is 15.5. The number of hydrogen-bond donors (Lipinski definition) is 2. The number of halogens is 2. The van der Waals surface area contributed by atoms with E-state index in [0.717, 1.165) is 68.5 Å². The standard InChI is InChI=1S/C42H41ClFN9O6/c43-32-12-26(4-1-21(32)15-45)59-25-5-2-22(3-6-25)46-39(55)34-7-9-37(49-48-34)52-17-23-11-24(52)16-50(23)18-29-30-19-51(20-31(29)30)36-14-28-27(13-33(36)44)41(57)53(42(28)58)35-8-10-38(54)47-40(35)56/h1,4,7,9,12-14,22-25,29-31,35H,2-3,5-6,8,10-11,16-20H2,(H,46,55)(H,47,54,56)/t22?,23?,24?,25?,29?,30-,31+,35?. The molecule has 17 heteroatoms. The molecule has 2 saturated carbocycles. The third-order valence-electron chi connectivity index (χ3n) is 13.6. The number of nitrogens with zero attached hydrogens (tertiary/aromatic N) is 7. The lowest BCUT2D eigenvalue weighted by atomic mass is 9.93. The van der Waals surface area contributed by atoms with Gasteiger partial charge in [0.05, 0.1) is 33.5 Å². The molecule has 6 atom stereocenters. The Morgan fingerprint density at radius 1 is 0.932 bits per heavy atom. The first-order chi connectivity index (χ1) is 28.5. The van der Waals surface area contributed by atoms with E-state index in [-0.39, 0.29) is 47.7 Å². The van der Waals surface area contributed by atoms with E-state index in [0.29, 0.717) is 64.9 Å². The highest BCUT2D eigenvalue weighted by Gasteiger charge is 2.58. The van der Waals surface area contributed by atoms with Crippen LogP contribution in [0.2, 0.25) is 5.02 Å². The second-order valence-electron chi connectivity index (χ2n) is 16.9. The number of ether oxygens (including phenoxy) is 1. The van der Waals surface area contributed by atoms with E-state index in [2.05, 4.69) is 30.6 Å². The minimum atomic E-state index is -1.10. The fraction of sp³-hybridized carbons (Fsp3) is 0.476. The molecule has 2 aromatic carbocycles. The maximum Gasteiger partial charge on any atom is 0.272 e. The van der Waals surface area contributed by atoms with Crippen LogP contribution in [-0.2, 0) is 9.59 Å². The SMILES string of the molecule is N#Cc1ccc(OC2CCC(NC(=O)c3ccc(N4CC5CC4CN5CC4[C@H]5CN(c6cc7c(cc6F)C(=O)N(C6CCC(=O)NC6=O)C7=O)C[C@@H]45)nn3)CC2)cc1Cl. The summed E-state index contributed by atoms with van der Waals surface area (Å²) >= 11 is 6.15. The molecule has 0 spiro atoms. The highest BCUT2D eigenvalue weighted by atomic mass is 35.5. The van der Waals surface area contributed by atoms with Gasteiger partial charge in [-0.25, -0.2) is 4.39 Å². The Bertz CT molecular complexity index is 2320. The molecule has 3 aromatic rings. The molecular weight excluding hydrogens is 781 g/mol. The number of carbonyl (C=O) groups is 5. The van der Waals surface area contributed by atoms with Gasteiger partial charge in [0, 0.05) is 63.3 Å². The third kappa shape index (κ3) is 6.73. The summed E-state index contributed by atoms with van der Waals surface area (Å²) in [4.78, 5) is 71.3. The number of hydrogen-bond acceptors (Lipinski definition) is 12. The molecule has 5 amide bonds. The van der Waals surface area contributed by atoms with E-state index < -0.39 is 35.5 Å². The highest BCUT2D eigenvalue weighted by molar-refractivity contribution is 6.31. The van der Waals surface area contributed by atoms with Crippen molar-refractivity contribution in [1.29, 1.82) is 5.26 Å². The summed E-state index contributed by atoms with van der Waals surface area (Å²) in [5, 5.41) is 23.5. The number of nitrogens with one attached hydrogen (secondary N) is 2. The largest absolute Gasteiger partial charge is 0.490 e. The Hall–Kier alpha value is -5.66. The lowest BCUT2D eigenvalue weighted by Gasteiger charge is -2.35. The Morgan fingerprint density at radius 2 is 1.69 bits per heavy atom. The molecule has 6 heterocycles. The number of likely N-dealkylation sites (tertiary alicyclic amines) is 1. The zero-order chi connectivity index (χ0) is 40.7. The number of piperazine rings is 1. The predicted octanol–water partition coefficient (Wildman–Crippen LogP) is 3.31. The molecule has 2 N–H and O–H groups in total. The Morgan fingerprint density at radius 3 is 2.36 bits per heavy atom. The normalized spacial score (nSPS) is 29.7. The van der Waals surface area contributed by atoms with Crippen LogP contribution in [0.25, 0.3) is 0 Å². The van der Waals surface area contributed by atoms with Crippen molar-refractivity contribution >= 4 is 52.6 Å². The van der Waals surface area contributed by atoms with Gasteiger partial charge in [0.1, 0.15) is 23.7 Å². The van der Waals surface area contributed by atoms with Crippen LogP contribution in [0.1, 0.15) is 81.7 Å². The van der Waals surface area contributed by atoms with Crippen molar-refractivity contribution in [3.8, 4) is 11.8 Å². The van der Waals surface area contributed by atoms with Gasteiger partial charge in [-0.15, -0.1) is 10.2 Å². The molecule has 2 bridgehead atoms. The predicted molar refractivity (Wildman–Crippen MR) is 209 cm³/mol. The van der Waals surface area contributed by atoms with E-state index >= 15 is 4.39 Å². The molecule has 4 saturated heterocycles. The molecule has 59 heavy (non-hydrogen) atoms. The minimum Gasteiger partial charge on any atom is -0.490 e. The zero-order valence-electron chi connectivity index (χ0n) is 32.0. The molecule has 0 radical (unpaired) electrons. The van der Waals surface area contributed by atoms with Crippen molar-refractivity contribution in [2.24, 2.45) is 17.8 Å². The van der Waals surface area contributed by atoms with Crippen LogP contribution in [-0.4, -0.2) is 113 Å². The van der Waals surface area contributed by atoms with Crippen LogP contribution in [0.15, 0.2) is 42.5 Å². The minimum absolute atomic E-state index is 0.00680. The molecule has 5 aliphatic heterocycles. The number of aromatic nitrogens is 2. The molecule has 10 rings (SSSR count). The average Bonchev–Trinajstić information content (AvgIpc) is 3.70. The molecule has 6 fully saturated rings. The van der Waals surface area contributed by atoms with Crippen molar-refractivity contribution in [2.45, 2.75) is 75.2 Å². The van der Waals surface area contributed by atoms with Crippen molar-refractivity contribution in [3.63, 3.8) is 0 Å². The fourth-order valence-corrected chi connectivity index (χ4v) is 10.6. The van der Waals surface area contributed by atoms with Crippen molar-refractivity contribution in [2.75, 3.05) is 42.5 Å². The highest BCUT2D eigenvalue weighted by Crippen LogP contribution is 2.54. The van der Waals surface area contributed by atoms with E-state index in [9.17, 15) is 24.0 Å². The van der Waals surface area contributed by atoms with Gasteiger partial charge >= 0.3 is 0 Å². The van der Waals surface area contributed by atoms with E-state index in [1.54, 1.807) is 24.3 Å². The molecule has 304 valence electrons. The molecule has 15 nitrogen and oxygen atoms in total. The number of benzene rings is 2. The number of piperidine rings is 2. The van der Waals surface area contributed by atoms with Crippen molar-refractivity contribution in [3.05, 3.63) is 75.7 Å². The monoisotopic (exact) mass is 821 g/mol. The van der Waals surface area contributed by atoms with Crippen molar-refractivity contribution in [1.82, 2.24) is 30.6 Å². The van der Waals surface area contributed by atoms with Gasteiger partial charge in [0.15, 0.2) is 11.5 Å². The number of anilines is 2. The lowest BCUT2D eigenvalue weighted by molar-refractivity contribution is -0.136. The molecule has 4 unspecified atom stereocenters. The molecule has 7 aliphatic rings. The fourth-order valence-electron chi connectivity index (χ4n) is 10.4. The van der Waals surface area contributed by atoms with E-state index in [1.807, 2.05) is 17.0 Å². The summed E-state index contributed by atoms with van der Waals surface area (Å²) in [5.74, 6) is -0.584. The first-order valence-electron chi connectivity index (χ1n) is 20.3. The summed E-state index contributed by atoms with van der Waals surface area (Å²) in [7, 11) is 0. The van der Waals surface area contributed by atoms with E-state index in [1.165, 1.54) is 6.07 Å². The number of nitriles is 1. The molecule has 2 aliphatic carbocycles. The Labute approximate surface area is 343 Å². The van der Waals surface area contributed by atoms with Gasteiger partial charge in [-0.05, 0) is 92.7 Å². The van der Waals surface area contributed by atoms with Crippen LogP contribution < -0.4 is 25.2 Å². The summed E-state index contributed by atoms with van der Waals surface area (Å²) in [5.41, 5.74) is 1.02. The van der Waals surface area contributed by atoms with Crippen LogP contribution in [0.4, 0.5) is 15.9 Å². The first-order valence-corrected chi connectivity index (χ1v) is 20.7. The lowest BCUT2D eigenvalue weighted by Crippen LogP contribution is -2.54. The quantitative estimate of drug-likeness (QED) is 0.301. The number of imide groups is 2. The number of fused-ring (bicyclic) bond motifs is 4. The van der Waals surface area contributed by atoms with Gasteiger partial charge in [-0.3, -0.25) is 39.1 Å². The maximum atomic E-state index is 15.5. The van der Waals surface area contributed by atoms with E-state index in [4.69, 9.17) is 21.6 Å². The van der Waals surface area contributed by atoms with Crippen LogP contribution in [0.3, 0.4) is 0 Å². The zero-order valence-corrected chi connectivity index (χ0v) is 32.7. The van der Waals surface area contributed by atoms with Gasteiger partial charge < -0.3 is 19.9 Å². The smallest absolute Gasteiger partial charge is 0.272 e. The Balaban J connectivity index is 0.682. The summed E-state index contributed by atoms with van der Waals surface area (Å²) in [6.07, 6.45) is 4.20. The van der Waals surface area contributed by atoms with Gasteiger partial charge in [0.25, 0.3) is 17.7 Å². The van der Waals surface area contributed by atoms with Crippen LogP contribution >= 0.6 is 11.6 Å². The summed E-state index contributed by atoms with van der Waals surface area (Å²) in [6, 6.07) is 12.9. The average molecular weight is 822 g/mol. The topological polar surface area (TPSA) is 181 Å². The van der Waals surface area contributed by atoms with Gasteiger partial charge in [-0.2, -0.15) is 5.26 Å². The first kappa shape index (κ1) is 37.6.